The van der Waals surface area contributed by atoms with E-state index in [1.165, 1.54) is 31.2 Å². The summed E-state index contributed by atoms with van der Waals surface area (Å²) >= 11 is 3.95. The van der Waals surface area contributed by atoms with Crippen LogP contribution in [0.3, 0.4) is 0 Å². The Kier molecular flexibility index (Phi) is 3.13. The van der Waals surface area contributed by atoms with Crippen LogP contribution in [0, 0.1) is 18.3 Å². The van der Waals surface area contributed by atoms with E-state index in [-0.39, 0.29) is 0 Å². The van der Waals surface area contributed by atoms with Gasteiger partial charge in [0.1, 0.15) is 0 Å². The molecular formula is C18H25Br. The minimum atomic E-state index is 0.382. The summed E-state index contributed by atoms with van der Waals surface area (Å²) < 4.78 is 0. The van der Waals surface area contributed by atoms with Gasteiger partial charge in [0, 0.05) is 4.83 Å². The first-order valence-electron chi connectivity index (χ1n) is 7.60. The SMILES string of the molecule is Cc1ccc2c(c1)[C@@]1(C)CC[C@H](Br)C(C)(C)C1CC2. The van der Waals surface area contributed by atoms with E-state index in [0.29, 0.717) is 15.7 Å². The average Bonchev–Trinajstić information content (AvgIpc) is 2.35. The Morgan fingerprint density at radius 1 is 1.16 bits per heavy atom. The molecule has 1 saturated carbocycles. The van der Waals surface area contributed by atoms with Crippen LogP contribution in [0.2, 0.25) is 0 Å². The van der Waals surface area contributed by atoms with Gasteiger partial charge in [0.25, 0.3) is 0 Å². The highest BCUT2D eigenvalue weighted by atomic mass is 79.9. The Bertz CT molecular complexity index is 502. The van der Waals surface area contributed by atoms with Crippen molar-refractivity contribution in [3.63, 3.8) is 0 Å². The van der Waals surface area contributed by atoms with E-state index >= 15 is 0 Å². The second-order valence-corrected chi connectivity index (χ2v) is 8.60. The molecule has 0 spiro atoms. The molecule has 0 nitrogen and oxygen atoms in total. The zero-order valence-corrected chi connectivity index (χ0v) is 14.2. The Hall–Kier alpha value is -0.300. The molecule has 19 heavy (non-hydrogen) atoms. The van der Waals surface area contributed by atoms with Crippen LogP contribution in [-0.4, -0.2) is 4.83 Å². The molecule has 3 atom stereocenters. The topological polar surface area (TPSA) is 0 Å². The highest BCUT2D eigenvalue weighted by Crippen LogP contribution is 2.58. The fraction of sp³-hybridized carbons (Fsp3) is 0.667. The molecule has 0 aliphatic heterocycles. The van der Waals surface area contributed by atoms with Crippen LogP contribution in [-0.2, 0) is 11.8 Å². The summed E-state index contributed by atoms with van der Waals surface area (Å²) in [7, 11) is 0. The highest BCUT2D eigenvalue weighted by Gasteiger charge is 2.52. The van der Waals surface area contributed by atoms with Crippen LogP contribution in [0.4, 0.5) is 0 Å². The number of halogens is 1. The van der Waals surface area contributed by atoms with Crippen molar-refractivity contribution in [2.24, 2.45) is 11.3 Å². The third kappa shape index (κ3) is 1.92. The molecule has 3 rings (SSSR count). The molecular weight excluding hydrogens is 296 g/mol. The predicted octanol–water partition coefficient (Wildman–Crippen LogP) is 5.40. The van der Waals surface area contributed by atoms with Gasteiger partial charge in [-0.2, -0.15) is 0 Å². The van der Waals surface area contributed by atoms with Crippen molar-refractivity contribution in [2.45, 2.75) is 63.6 Å². The third-order valence-electron chi connectivity index (χ3n) is 5.97. The van der Waals surface area contributed by atoms with E-state index in [9.17, 15) is 0 Å². The van der Waals surface area contributed by atoms with Crippen molar-refractivity contribution in [1.29, 1.82) is 0 Å². The summed E-state index contributed by atoms with van der Waals surface area (Å²) in [4.78, 5) is 0.671. The normalized spacial score (nSPS) is 36.5. The van der Waals surface area contributed by atoms with Crippen LogP contribution in [0.15, 0.2) is 18.2 Å². The fourth-order valence-corrected chi connectivity index (χ4v) is 5.31. The molecule has 0 heterocycles. The molecule has 1 aromatic rings. The van der Waals surface area contributed by atoms with Gasteiger partial charge in [-0.05, 0) is 60.5 Å². The lowest BCUT2D eigenvalue weighted by molar-refractivity contribution is 0.0492. The van der Waals surface area contributed by atoms with Gasteiger partial charge < -0.3 is 0 Å². The molecule has 1 heteroatoms. The van der Waals surface area contributed by atoms with Crippen molar-refractivity contribution in [3.05, 3.63) is 34.9 Å². The summed E-state index contributed by atoms with van der Waals surface area (Å²) in [6.45, 7) is 9.69. The van der Waals surface area contributed by atoms with Crippen molar-refractivity contribution < 1.29 is 0 Å². The quantitative estimate of drug-likeness (QED) is 0.561. The van der Waals surface area contributed by atoms with Crippen LogP contribution in [0.25, 0.3) is 0 Å². The minimum Gasteiger partial charge on any atom is -0.0885 e. The van der Waals surface area contributed by atoms with E-state index in [4.69, 9.17) is 0 Å². The molecule has 0 radical (unpaired) electrons. The van der Waals surface area contributed by atoms with Crippen molar-refractivity contribution in [2.75, 3.05) is 0 Å². The maximum absolute atomic E-state index is 3.95. The lowest BCUT2D eigenvalue weighted by Crippen LogP contribution is -2.52. The first-order chi connectivity index (χ1) is 8.85. The molecule has 1 unspecified atom stereocenters. The summed E-state index contributed by atoms with van der Waals surface area (Å²) in [6.07, 6.45) is 5.24. The number of alkyl halides is 1. The molecule has 2 aliphatic carbocycles. The van der Waals surface area contributed by atoms with E-state index < -0.39 is 0 Å². The summed E-state index contributed by atoms with van der Waals surface area (Å²) in [5.74, 6) is 0.799. The van der Waals surface area contributed by atoms with Crippen LogP contribution in [0.1, 0.15) is 56.7 Å². The van der Waals surface area contributed by atoms with Crippen molar-refractivity contribution in [3.8, 4) is 0 Å². The zero-order chi connectivity index (χ0) is 13.8. The molecule has 1 fully saturated rings. The highest BCUT2D eigenvalue weighted by molar-refractivity contribution is 9.09. The van der Waals surface area contributed by atoms with Gasteiger partial charge in [0.2, 0.25) is 0 Å². The Morgan fingerprint density at radius 3 is 2.63 bits per heavy atom. The van der Waals surface area contributed by atoms with Crippen molar-refractivity contribution >= 4 is 15.9 Å². The Balaban J connectivity index is 2.12. The maximum Gasteiger partial charge on any atom is 0.0200 e. The molecule has 0 amide bonds. The van der Waals surface area contributed by atoms with Gasteiger partial charge in [-0.25, -0.2) is 0 Å². The number of hydrogen-bond acceptors (Lipinski definition) is 0. The summed E-state index contributed by atoms with van der Waals surface area (Å²) in [5.41, 5.74) is 5.45. The molecule has 2 aliphatic rings. The smallest absolute Gasteiger partial charge is 0.0200 e. The van der Waals surface area contributed by atoms with Crippen LogP contribution >= 0.6 is 15.9 Å². The van der Waals surface area contributed by atoms with Gasteiger partial charge in [-0.15, -0.1) is 0 Å². The number of aryl methyl sites for hydroxylation is 2. The molecule has 0 aromatic heterocycles. The maximum atomic E-state index is 3.95. The monoisotopic (exact) mass is 320 g/mol. The minimum absolute atomic E-state index is 0.382. The number of fused-ring (bicyclic) bond motifs is 3. The number of rotatable bonds is 0. The van der Waals surface area contributed by atoms with Gasteiger partial charge in [-0.1, -0.05) is 60.5 Å². The second kappa shape index (κ2) is 4.35. The average molecular weight is 321 g/mol. The molecule has 0 N–H and O–H groups in total. The number of benzene rings is 1. The van der Waals surface area contributed by atoms with Crippen LogP contribution in [0.5, 0.6) is 0 Å². The van der Waals surface area contributed by atoms with E-state index in [1.807, 2.05) is 0 Å². The van der Waals surface area contributed by atoms with Gasteiger partial charge in [0.05, 0.1) is 0 Å². The van der Waals surface area contributed by atoms with Gasteiger partial charge in [0.15, 0.2) is 0 Å². The molecule has 0 bridgehead atoms. The molecule has 1 aromatic carbocycles. The molecule has 0 saturated heterocycles. The standard InChI is InChI=1S/C18H25Br/c1-12-5-6-13-7-8-15-17(2,3)16(19)9-10-18(15,4)14(13)11-12/h5-6,11,15-16H,7-10H2,1-4H3/t15?,16-,18+/m0/s1. The first-order valence-corrected chi connectivity index (χ1v) is 8.51. The largest absolute Gasteiger partial charge is 0.0885 e. The summed E-state index contributed by atoms with van der Waals surface area (Å²) in [5, 5.41) is 0. The van der Waals surface area contributed by atoms with E-state index in [2.05, 4.69) is 61.8 Å². The van der Waals surface area contributed by atoms with Crippen molar-refractivity contribution in [1.82, 2.24) is 0 Å². The third-order valence-corrected chi connectivity index (χ3v) is 7.61. The fourth-order valence-electron chi connectivity index (χ4n) is 4.76. The zero-order valence-electron chi connectivity index (χ0n) is 12.6. The first kappa shape index (κ1) is 13.7. The molecule has 104 valence electrons. The second-order valence-electron chi connectivity index (χ2n) is 7.50. The Labute approximate surface area is 126 Å². The van der Waals surface area contributed by atoms with Gasteiger partial charge in [-0.3, -0.25) is 0 Å². The number of hydrogen-bond donors (Lipinski definition) is 0. The Morgan fingerprint density at radius 2 is 1.89 bits per heavy atom. The van der Waals surface area contributed by atoms with E-state index in [1.54, 1.807) is 11.1 Å². The lowest BCUT2D eigenvalue weighted by Gasteiger charge is -2.56. The lowest BCUT2D eigenvalue weighted by atomic mass is 9.50. The van der Waals surface area contributed by atoms with Crippen LogP contribution < -0.4 is 0 Å². The predicted molar refractivity (Wildman–Crippen MR) is 86.1 cm³/mol. The van der Waals surface area contributed by atoms with Gasteiger partial charge >= 0.3 is 0 Å². The van der Waals surface area contributed by atoms with E-state index in [0.717, 1.165) is 5.92 Å². The summed E-state index contributed by atoms with van der Waals surface area (Å²) in [6, 6.07) is 7.12.